The SMILES string of the molecule is NC(Cc1ccc(Br)s1)c1cc2ccc(F)cc2s1. The Morgan fingerprint density at radius 2 is 2.00 bits per heavy atom. The Labute approximate surface area is 127 Å². The van der Waals surface area contributed by atoms with Gasteiger partial charge in [0.05, 0.1) is 3.79 Å². The highest BCUT2D eigenvalue weighted by molar-refractivity contribution is 9.11. The van der Waals surface area contributed by atoms with Crippen molar-refractivity contribution in [1.82, 2.24) is 0 Å². The number of halogens is 2. The van der Waals surface area contributed by atoms with E-state index < -0.39 is 0 Å². The molecular weight excluding hydrogens is 345 g/mol. The van der Waals surface area contributed by atoms with Crippen LogP contribution in [-0.2, 0) is 6.42 Å². The largest absolute Gasteiger partial charge is 0.323 e. The quantitative estimate of drug-likeness (QED) is 0.694. The minimum absolute atomic E-state index is 0.0361. The van der Waals surface area contributed by atoms with E-state index in [2.05, 4.69) is 28.1 Å². The normalized spacial score (nSPS) is 13.0. The van der Waals surface area contributed by atoms with Gasteiger partial charge in [0.15, 0.2) is 0 Å². The lowest BCUT2D eigenvalue weighted by atomic mass is 10.1. The number of benzene rings is 1. The molecule has 1 unspecified atom stereocenters. The van der Waals surface area contributed by atoms with Gasteiger partial charge in [0, 0.05) is 26.9 Å². The Balaban J connectivity index is 1.86. The van der Waals surface area contributed by atoms with Crippen LogP contribution in [-0.4, -0.2) is 0 Å². The fraction of sp³-hybridized carbons (Fsp3) is 0.143. The molecule has 3 aromatic rings. The summed E-state index contributed by atoms with van der Waals surface area (Å²) in [4.78, 5) is 2.35. The molecule has 0 saturated heterocycles. The van der Waals surface area contributed by atoms with E-state index in [1.807, 2.05) is 6.07 Å². The van der Waals surface area contributed by atoms with Crippen molar-refractivity contribution in [2.75, 3.05) is 0 Å². The van der Waals surface area contributed by atoms with E-state index in [1.54, 1.807) is 34.8 Å². The molecule has 1 aromatic carbocycles. The highest BCUT2D eigenvalue weighted by Gasteiger charge is 2.12. The van der Waals surface area contributed by atoms with Crippen molar-refractivity contribution in [2.45, 2.75) is 12.5 Å². The molecule has 2 heterocycles. The van der Waals surface area contributed by atoms with Gasteiger partial charge in [-0.3, -0.25) is 0 Å². The maximum atomic E-state index is 13.2. The molecular formula is C14H11BrFNS2. The van der Waals surface area contributed by atoms with E-state index >= 15 is 0 Å². The average molecular weight is 356 g/mol. The molecule has 0 radical (unpaired) electrons. The first-order valence-corrected chi connectivity index (χ1v) is 8.23. The number of rotatable bonds is 3. The average Bonchev–Trinajstić information content (AvgIpc) is 2.95. The molecule has 0 aliphatic heterocycles. The molecule has 1 nitrogen and oxygen atoms in total. The second-order valence-corrected chi connectivity index (χ2v) is 8.01. The van der Waals surface area contributed by atoms with Crippen LogP contribution in [0.2, 0.25) is 0 Å². The molecule has 98 valence electrons. The van der Waals surface area contributed by atoms with Crippen LogP contribution in [0.3, 0.4) is 0 Å². The summed E-state index contributed by atoms with van der Waals surface area (Å²) in [5.41, 5.74) is 6.25. The second-order valence-electron chi connectivity index (χ2n) is 4.35. The molecule has 1 atom stereocenters. The summed E-state index contributed by atoms with van der Waals surface area (Å²) in [6, 6.07) is 11.0. The maximum absolute atomic E-state index is 13.2. The smallest absolute Gasteiger partial charge is 0.124 e. The molecule has 0 fully saturated rings. The Hall–Kier alpha value is -0.750. The Bertz CT molecular complexity index is 719. The van der Waals surface area contributed by atoms with E-state index in [-0.39, 0.29) is 11.9 Å². The Morgan fingerprint density at radius 1 is 1.16 bits per heavy atom. The molecule has 3 rings (SSSR count). The van der Waals surface area contributed by atoms with Gasteiger partial charge in [-0.1, -0.05) is 6.07 Å². The number of thiophene rings is 2. The van der Waals surface area contributed by atoms with Crippen molar-refractivity contribution in [1.29, 1.82) is 0 Å². The number of hydrogen-bond acceptors (Lipinski definition) is 3. The van der Waals surface area contributed by atoms with Gasteiger partial charge in [0.25, 0.3) is 0 Å². The molecule has 0 aliphatic carbocycles. The van der Waals surface area contributed by atoms with E-state index in [0.717, 1.165) is 25.2 Å². The summed E-state index contributed by atoms with van der Waals surface area (Å²) in [5.74, 6) is -0.198. The van der Waals surface area contributed by atoms with Crippen molar-refractivity contribution < 1.29 is 4.39 Å². The van der Waals surface area contributed by atoms with Crippen LogP contribution in [0.5, 0.6) is 0 Å². The maximum Gasteiger partial charge on any atom is 0.124 e. The Kier molecular flexibility index (Phi) is 3.71. The number of nitrogens with two attached hydrogens (primary N) is 1. The van der Waals surface area contributed by atoms with Crippen molar-refractivity contribution in [3.63, 3.8) is 0 Å². The van der Waals surface area contributed by atoms with Crippen molar-refractivity contribution in [2.24, 2.45) is 5.73 Å². The minimum Gasteiger partial charge on any atom is -0.323 e. The van der Waals surface area contributed by atoms with Gasteiger partial charge in [0.1, 0.15) is 5.82 Å². The fourth-order valence-corrected chi connectivity index (χ4v) is 4.62. The second kappa shape index (κ2) is 5.32. The van der Waals surface area contributed by atoms with Gasteiger partial charge >= 0.3 is 0 Å². The van der Waals surface area contributed by atoms with Crippen LogP contribution in [0.25, 0.3) is 10.1 Å². The zero-order chi connectivity index (χ0) is 13.4. The van der Waals surface area contributed by atoms with Crippen LogP contribution in [0, 0.1) is 5.82 Å². The van der Waals surface area contributed by atoms with Crippen LogP contribution in [0.15, 0.2) is 40.2 Å². The zero-order valence-corrected chi connectivity index (χ0v) is 13.1. The van der Waals surface area contributed by atoms with Gasteiger partial charge in [-0.15, -0.1) is 22.7 Å². The van der Waals surface area contributed by atoms with E-state index in [0.29, 0.717) is 0 Å². The third kappa shape index (κ3) is 2.89. The lowest BCUT2D eigenvalue weighted by molar-refractivity contribution is 0.630. The molecule has 0 saturated carbocycles. The fourth-order valence-electron chi connectivity index (χ4n) is 1.99. The predicted octanol–water partition coefficient (Wildman–Crippen LogP) is 5.11. The molecule has 0 spiro atoms. The third-order valence-corrected chi connectivity index (χ3v) is 5.79. The van der Waals surface area contributed by atoms with E-state index in [9.17, 15) is 4.39 Å². The zero-order valence-electron chi connectivity index (χ0n) is 9.90. The molecule has 2 aromatic heterocycles. The summed E-state index contributed by atoms with van der Waals surface area (Å²) in [6.07, 6.45) is 0.811. The monoisotopic (exact) mass is 355 g/mol. The van der Waals surface area contributed by atoms with Crippen molar-refractivity contribution in [3.05, 3.63) is 55.8 Å². The predicted molar refractivity (Wildman–Crippen MR) is 84.4 cm³/mol. The topological polar surface area (TPSA) is 26.0 Å². The summed E-state index contributed by atoms with van der Waals surface area (Å²) in [6.45, 7) is 0. The minimum atomic E-state index is -0.198. The molecule has 0 aliphatic rings. The summed E-state index contributed by atoms with van der Waals surface area (Å²) in [5, 5.41) is 1.06. The van der Waals surface area contributed by atoms with Gasteiger partial charge < -0.3 is 5.73 Å². The standard InChI is InChI=1S/C14H11BrFNS2/c15-14-4-3-10(18-14)7-11(17)13-5-8-1-2-9(16)6-12(8)19-13/h1-6,11H,7,17H2. The molecule has 5 heteroatoms. The lowest BCUT2D eigenvalue weighted by Crippen LogP contribution is -2.10. The van der Waals surface area contributed by atoms with Gasteiger partial charge in [-0.25, -0.2) is 4.39 Å². The molecule has 0 bridgehead atoms. The first-order chi connectivity index (χ1) is 9.11. The number of fused-ring (bicyclic) bond motifs is 1. The highest BCUT2D eigenvalue weighted by atomic mass is 79.9. The van der Waals surface area contributed by atoms with Gasteiger partial charge in [-0.2, -0.15) is 0 Å². The van der Waals surface area contributed by atoms with Crippen LogP contribution >= 0.6 is 38.6 Å². The van der Waals surface area contributed by atoms with E-state index in [4.69, 9.17) is 5.73 Å². The van der Waals surface area contributed by atoms with Crippen molar-refractivity contribution >= 4 is 48.7 Å². The molecule has 19 heavy (non-hydrogen) atoms. The first kappa shape index (κ1) is 13.2. The third-order valence-electron chi connectivity index (χ3n) is 2.92. The summed E-state index contributed by atoms with van der Waals surface area (Å²) < 4.78 is 15.2. The summed E-state index contributed by atoms with van der Waals surface area (Å²) in [7, 11) is 0. The lowest BCUT2D eigenvalue weighted by Gasteiger charge is -2.06. The van der Waals surface area contributed by atoms with Crippen molar-refractivity contribution in [3.8, 4) is 0 Å². The van der Waals surface area contributed by atoms with E-state index in [1.165, 1.54) is 10.9 Å². The first-order valence-electron chi connectivity index (χ1n) is 5.80. The van der Waals surface area contributed by atoms with Gasteiger partial charge in [-0.05, 0) is 51.6 Å². The number of hydrogen-bond donors (Lipinski definition) is 1. The Morgan fingerprint density at radius 3 is 2.74 bits per heavy atom. The van der Waals surface area contributed by atoms with Crippen LogP contribution in [0.4, 0.5) is 4.39 Å². The highest BCUT2D eigenvalue weighted by Crippen LogP contribution is 2.32. The van der Waals surface area contributed by atoms with Crippen LogP contribution < -0.4 is 5.73 Å². The van der Waals surface area contributed by atoms with Gasteiger partial charge in [0.2, 0.25) is 0 Å². The van der Waals surface area contributed by atoms with Crippen LogP contribution in [0.1, 0.15) is 15.8 Å². The summed E-state index contributed by atoms with van der Waals surface area (Å²) >= 11 is 6.73. The molecule has 0 amide bonds. The molecule has 2 N–H and O–H groups in total.